The van der Waals surface area contributed by atoms with Crippen molar-refractivity contribution >= 4 is 27.7 Å². The molecular formula is C12H12BrN3O2. The van der Waals surface area contributed by atoms with E-state index in [1.807, 2.05) is 4.90 Å². The highest BCUT2D eigenvalue weighted by atomic mass is 79.9. The van der Waals surface area contributed by atoms with Crippen LogP contribution in [-0.2, 0) is 4.79 Å². The standard InChI is InChI=1S/C12H12BrN3O2/c1-12(11(17)18)2-3-16(7-12)10-8(5-14)4-9(13)6-15-10/h4,6H,2-3,7H2,1H3,(H,17,18). The van der Waals surface area contributed by atoms with Gasteiger partial charge in [0.15, 0.2) is 0 Å². The molecule has 1 unspecified atom stereocenters. The quantitative estimate of drug-likeness (QED) is 0.904. The number of hydrogen-bond acceptors (Lipinski definition) is 4. The van der Waals surface area contributed by atoms with Crippen molar-refractivity contribution in [3.05, 3.63) is 22.3 Å². The molecule has 2 rings (SSSR count). The van der Waals surface area contributed by atoms with Crippen LogP contribution < -0.4 is 4.90 Å². The Morgan fingerprint density at radius 3 is 3.00 bits per heavy atom. The van der Waals surface area contributed by atoms with Gasteiger partial charge in [0, 0.05) is 23.8 Å². The number of carbonyl (C=O) groups is 1. The van der Waals surface area contributed by atoms with Crippen LogP contribution in [0.15, 0.2) is 16.7 Å². The summed E-state index contributed by atoms with van der Waals surface area (Å²) in [4.78, 5) is 17.3. The number of nitriles is 1. The van der Waals surface area contributed by atoms with Crippen LogP contribution in [0.4, 0.5) is 5.82 Å². The third-order valence-corrected chi connectivity index (χ3v) is 3.68. The number of halogens is 1. The van der Waals surface area contributed by atoms with E-state index in [9.17, 15) is 9.90 Å². The topological polar surface area (TPSA) is 77.2 Å². The van der Waals surface area contributed by atoms with E-state index >= 15 is 0 Å². The van der Waals surface area contributed by atoms with Gasteiger partial charge in [-0.25, -0.2) is 4.98 Å². The number of aromatic nitrogens is 1. The van der Waals surface area contributed by atoms with Gasteiger partial charge in [0.2, 0.25) is 0 Å². The Bertz CT molecular complexity index is 541. The third-order valence-electron chi connectivity index (χ3n) is 3.24. The van der Waals surface area contributed by atoms with Crippen molar-refractivity contribution in [2.24, 2.45) is 5.41 Å². The van der Waals surface area contributed by atoms with Gasteiger partial charge in [0.1, 0.15) is 11.9 Å². The predicted molar refractivity (Wildman–Crippen MR) is 69.2 cm³/mol. The van der Waals surface area contributed by atoms with Crippen LogP contribution in [0.2, 0.25) is 0 Å². The molecule has 1 N–H and O–H groups in total. The van der Waals surface area contributed by atoms with Gasteiger partial charge in [-0.1, -0.05) is 0 Å². The minimum Gasteiger partial charge on any atom is -0.481 e. The van der Waals surface area contributed by atoms with Crippen LogP contribution in [0.3, 0.4) is 0 Å². The Morgan fingerprint density at radius 2 is 2.44 bits per heavy atom. The van der Waals surface area contributed by atoms with E-state index in [-0.39, 0.29) is 0 Å². The molecule has 0 aliphatic carbocycles. The van der Waals surface area contributed by atoms with Crippen LogP contribution in [0, 0.1) is 16.7 Å². The van der Waals surface area contributed by atoms with Crippen LogP contribution in [0.5, 0.6) is 0 Å². The fourth-order valence-electron chi connectivity index (χ4n) is 2.08. The monoisotopic (exact) mass is 309 g/mol. The third kappa shape index (κ3) is 2.18. The minimum absolute atomic E-state index is 0.381. The van der Waals surface area contributed by atoms with Crippen molar-refractivity contribution in [2.45, 2.75) is 13.3 Å². The second-order valence-electron chi connectivity index (χ2n) is 4.67. The zero-order valence-electron chi connectivity index (χ0n) is 9.85. The molecule has 2 heterocycles. The maximum absolute atomic E-state index is 11.2. The second kappa shape index (κ2) is 4.58. The number of carboxylic acid groups (broad SMARTS) is 1. The van der Waals surface area contributed by atoms with E-state index in [2.05, 4.69) is 27.0 Å². The van der Waals surface area contributed by atoms with Crippen LogP contribution >= 0.6 is 15.9 Å². The molecule has 0 aromatic carbocycles. The molecule has 0 amide bonds. The summed E-state index contributed by atoms with van der Waals surface area (Å²) in [6, 6.07) is 3.78. The summed E-state index contributed by atoms with van der Waals surface area (Å²) in [5, 5.41) is 18.3. The molecule has 6 heteroatoms. The lowest BCUT2D eigenvalue weighted by Crippen LogP contribution is -2.32. The van der Waals surface area contributed by atoms with Crippen LogP contribution in [-0.4, -0.2) is 29.1 Å². The summed E-state index contributed by atoms with van der Waals surface area (Å²) in [6.45, 7) is 2.71. The van der Waals surface area contributed by atoms with Gasteiger partial charge in [-0.3, -0.25) is 4.79 Å². The Kier molecular flexibility index (Phi) is 3.26. The number of carboxylic acids is 1. The molecule has 1 aromatic heterocycles. The van der Waals surface area contributed by atoms with E-state index in [0.29, 0.717) is 30.9 Å². The van der Waals surface area contributed by atoms with E-state index in [4.69, 9.17) is 5.26 Å². The molecule has 5 nitrogen and oxygen atoms in total. The van der Waals surface area contributed by atoms with Crippen molar-refractivity contribution in [1.29, 1.82) is 5.26 Å². The summed E-state index contributed by atoms with van der Waals surface area (Å²) in [5.41, 5.74) is -0.305. The first kappa shape index (κ1) is 12.8. The van der Waals surface area contributed by atoms with Gasteiger partial charge in [-0.05, 0) is 35.3 Å². The van der Waals surface area contributed by atoms with E-state index < -0.39 is 11.4 Å². The zero-order chi connectivity index (χ0) is 13.3. The normalized spacial score (nSPS) is 22.8. The van der Waals surface area contributed by atoms with Crippen LogP contribution in [0.1, 0.15) is 18.9 Å². The molecule has 1 atom stereocenters. The molecule has 0 radical (unpaired) electrons. The highest BCUT2D eigenvalue weighted by molar-refractivity contribution is 9.10. The number of nitrogens with zero attached hydrogens (tertiary/aromatic N) is 3. The number of rotatable bonds is 2. The molecule has 0 saturated carbocycles. The summed E-state index contributed by atoms with van der Waals surface area (Å²) in [7, 11) is 0. The number of hydrogen-bond donors (Lipinski definition) is 1. The van der Waals surface area contributed by atoms with Gasteiger partial charge in [0.25, 0.3) is 0 Å². The highest BCUT2D eigenvalue weighted by Crippen LogP contribution is 2.34. The fourth-order valence-corrected chi connectivity index (χ4v) is 2.41. The Balaban J connectivity index is 2.30. The lowest BCUT2D eigenvalue weighted by Gasteiger charge is -2.21. The van der Waals surface area contributed by atoms with Gasteiger partial charge in [-0.15, -0.1) is 0 Å². The average molecular weight is 310 g/mol. The summed E-state index contributed by atoms with van der Waals surface area (Å²) >= 11 is 3.27. The van der Waals surface area contributed by atoms with E-state index in [0.717, 1.165) is 4.47 Å². The average Bonchev–Trinajstić information content (AvgIpc) is 2.73. The van der Waals surface area contributed by atoms with Crippen molar-refractivity contribution in [2.75, 3.05) is 18.0 Å². The smallest absolute Gasteiger partial charge is 0.311 e. The first-order valence-corrected chi connectivity index (χ1v) is 6.29. The Labute approximate surface area is 113 Å². The van der Waals surface area contributed by atoms with Gasteiger partial charge in [0.05, 0.1) is 11.0 Å². The second-order valence-corrected chi connectivity index (χ2v) is 5.59. The Morgan fingerprint density at radius 1 is 1.72 bits per heavy atom. The van der Waals surface area contributed by atoms with Crippen LogP contribution in [0.25, 0.3) is 0 Å². The Hall–Kier alpha value is -1.61. The van der Waals surface area contributed by atoms with Gasteiger partial charge in [-0.2, -0.15) is 5.26 Å². The van der Waals surface area contributed by atoms with Crippen molar-refractivity contribution in [3.8, 4) is 6.07 Å². The number of aliphatic carboxylic acids is 1. The lowest BCUT2D eigenvalue weighted by molar-refractivity contribution is -0.146. The minimum atomic E-state index is -0.805. The maximum Gasteiger partial charge on any atom is 0.311 e. The molecule has 1 aliphatic heterocycles. The first-order chi connectivity index (χ1) is 8.46. The molecule has 94 valence electrons. The van der Waals surface area contributed by atoms with Gasteiger partial charge >= 0.3 is 5.97 Å². The summed E-state index contributed by atoms with van der Waals surface area (Å²) < 4.78 is 0.739. The fraction of sp³-hybridized carbons (Fsp3) is 0.417. The van der Waals surface area contributed by atoms with E-state index in [1.165, 1.54) is 0 Å². The molecule has 1 fully saturated rings. The predicted octanol–water partition coefficient (Wildman–Crippen LogP) is 2.02. The molecule has 0 spiro atoms. The largest absolute Gasteiger partial charge is 0.481 e. The lowest BCUT2D eigenvalue weighted by atomic mass is 9.90. The maximum atomic E-state index is 11.2. The molecule has 1 saturated heterocycles. The summed E-state index contributed by atoms with van der Waals surface area (Å²) in [5.74, 6) is -0.244. The molecule has 18 heavy (non-hydrogen) atoms. The first-order valence-electron chi connectivity index (χ1n) is 5.50. The zero-order valence-corrected chi connectivity index (χ0v) is 11.4. The molecule has 0 bridgehead atoms. The van der Waals surface area contributed by atoms with Crippen molar-refractivity contribution in [1.82, 2.24) is 4.98 Å². The highest BCUT2D eigenvalue weighted by Gasteiger charge is 2.41. The molecular weight excluding hydrogens is 298 g/mol. The summed E-state index contributed by atoms with van der Waals surface area (Å²) in [6.07, 6.45) is 2.18. The number of pyridine rings is 1. The molecule has 1 aliphatic rings. The van der Waals surface area contributed by atoms with Crippen molar-refractivity contribution < 1.29 is 9.90 Å². The SMILES string of the molecule is CC1(C(=O)O)CCN(c2ncc(Br)cc2C#N)C1. The molecule has 1 aromatic rings. The van der Waals surface area contributed by atoms with Gasteiger partial charge < -0.3 is 10.0 Å². The number of anilines is 1. The van der Waals surface area contributed by atoms with E-state index in [1.54, 1.807) is 19.2 Å². The van der Waals surface area contributed by atoms with Crippen molar-refractivity contribution in [3.63, 3.8) is 0 Å².